The van der Waals surface area contributed by atoms with Crippen LogP contribution in [0.2, 0.25) is 0 Å². The Bertz CT molecular complexity index is 1420. The van der Waals surface area contributed by atoms with Crippen molar-refractivity contribution in [3.8, 4) is 33.3 Å². The highest BCUT2D eigenvalue weighted by atomic mass is 32.1. The summed E-state index contributed by atoms with van der Waals surface area (Å²) in [7, 11) is 0. The molecule has 0 N–H and O–H groups in total. The van der Waals surface area contributed by atoms with Crippen molar-refractivity contribution in [1.82, 2.24) is 24.9 Å². The Hall–Kier alpha value is -3.74. The lowest BCUT2D eigenvalue weighted by molar-refractivity contribution is -0.142. The molecule has 0 saturated carbocycles. The van der Waals surface area contributed by atoms with Gasteiger partial charge in [-0.05, 0) is 23.6 Å². The quantitative estimate of drug-likeness (QED) is 0.276. The van der Waals surface area contributed by atoms with Crippen LogP contribution < -0.4 is 0 Å². The molecule has 0 radical (unpaired) electrons. The lowest BCUT2D eigenvalue weighted by Gasteiger charge is -2.14. The second-order valence-corrected chi connectivity index (χ2v) is 8.15. The molecule has 13 heteroatoms. The molecule has 0 atom stereocenters. The molecule has 0 spiro atoms. The van der Waals surface area contributed by atoms with Crippen LogP contribution in [0.4, 0.5) is 26.3 Å². The zero-order valence-electron chi connectivity index (χ0n) is 16.7. The molecule has 0 saturated heterocycles. The van der Waals surface area contributed by atoms with Gasteiger partial charge < -0.3 is 4.52 Å². The van der Waals surface area contributed by atoms with Gasteiger partial charge in [-0.25, -0.2) is 9.97 Å². The molecule has 2 aliphatic heterocycles. The normalized spacial score (nSPS) is 12.5. The Morgan fingerprint density at radius 3 is 2.41 bits per heavy atom. The van der Waals surface area contributed by atoms with E-state index in [1.165, 1.54) is 28.3 Å². The van der Waals surface area contributed by atoms with Gasteiger partial charge in [0, 0.05) is 11.6 Å². The van der Waals surface area contributed by atoms with Crippen LogP contribution in [0.3, 0.4) is 0 Å². The first-order valence-electron chi connectivity index (χ1n) is 9.56. The Balaban J connectivity index is 1.44. The largest absolute Gasteiger partial charge is 0.417 e. The Labute approximate surface area is 190 Å². The van der Waals surface area contributed by atoms with Crippen LogP contribution in [0.15, 0.2) is 58.7 Å². The highest BCUT2D eigenvalue weighted by Crippen LogP contribution is 2.40. The number of aromatic nitrogens is 5. The first-order valence-corrected chi connectivity index (χ1v) is 10.4. The molecule has 0 amide bonds. The molecule has 4 heterocycles. The van der Waals surface area contributed by atoms with Crippen LogP contribution in [0, 0.1) is 0 Å². The minimum atomic E-state index is -5.02. The first-order chi connectivity index (χ1) is 16.1. The van der Waals surface area contributed by atoms with Crippen LogP contribution in [0.1, 0.15) is 16.9 Å². The molecule has 0 aliphatic carbocycles. The molecule has 0 unspecified atom stereocenters. The summed E-state index contributed by atoms with van der Waals surface area (Å²) in [5.74, 6) is 0.700. The van der Waals surface area contributed by atoms with E-state index in [2.05, 4.69) is 20.2 Å². The fourth-order valence-corrected chi connectivity index (χ4v) is 3.97. The number of alkyl halides is 6. The average Bonchev–Trinajstić information content (AvgIpc) is 3.52. The molecule has 0 bridgehead atoms. The zero-order chi connectivity index (χ0) is 24.1. The zero-order valence-corrected chi connectivity index (χ0v) is 17.5. The van der Waals surface area contributed by atoms with Gasteiger partial charge in [0.25, 0.3) is 0 Å². The highest BCUT2D eigenvalue weighted by molar-refractivity contribution is 7.13. The van der Waals surface area contributed by atoms with Gasteiger partial charge in [-0.1, -0.05) is 17.3 Å². The van der Waals surface area contributed by atoms with Crippen LogP contribution in [-0.4, -0.2) is 24.9 Å². The van der Waals surface area contributed by atoms with Gasteiger partial charge in [0.15, 0.2) is 11.6 Å². The number of halogens is 6. The highest BCUT2D eigenvalue weighted by Gasteiger charge is 2.39. The van der Waals surface area contributed by atoms with Gasteiger partial charge in [-0.15, -0.1) is 11.3 Å². The number of nitrogens with zero attached hydrogens (tertiary/aromatic N) is 5. The topological polar surface area (TPSA) is 69.6 Å². The molecular formula is C21H11F6N5OS. The second kappa shape index (κ2) is 7.94. The molecule has 174 valence electrons. The maximum absolute atomic E-state index is 13.5. The number of hydrogen-bond donors (Lipinski definition) is 0. The summed E-state index contributed by atoms with van der Waals surface area (Å²) >= 11 is 1.49. The van der Waals surface area contributed by atoms with Crippen LogP contribution in [-0.2, 0) is 18.9 Å². The summed E-state index contributed by atoms with van der Waals surface area (Å²) in [5.41, 5.74) is -2.50. The molecule has 3 aromatic rings. The number of rotatable bonds is 4. The summed E-state index contributed by atoms with van der Waals surface area (Å²) < 4.78 is 85.7. The van der Waals surface area contributed by atoms with Gasteiger partial charge >= 0.3 is 12.4 Å². The van der Waals surface area contributed by atoms with Crippen molar-refractivity contribution in [2.24, 2.45) is 0 Å². The molecule has 5 rings (SSSR count). The maximum atomic E-state index is 13.5. The third-order valence-corrected chi connectivity index (χ3v) is 5.73. The molecule has 1 aromatic carbocycles. The van der Waals surface area contributed by atoms with Crippen molar-refractivity contribution in [3.05, 3.63) is 71.1 Å². The Morgan fingerprint density at radius 2 is 1.71 bits per heavy atom. The standard InChI is InChI=1S/C21H11F6N5OS/c22-20(23,24)11-3-4-13(14(6-11)21(25,26)27)15-7-12(33-31-15)9-32-10-17-16(8-28-32)29-19(30-17)18-2-1-5-34-18/h1-8,10H,9H2. The van der Waals surface area contributed by atoms with Gasteiger partial charge in [-0.2, -0.15) is 31.4 Å². The Morgan fingerprint density at radius 1 is 0.912 bits per heavy atom. The van der Waals surface area contributed by atoms with Crippen molar-refractivity contribution in [3.63, 3.8) is 0 Å². The molecule has 6 nitrogen and oxygen atoms in total. The van der Waals surface area contributed by atoms with E-state index in [9.17, 15) is 26.3 Å². The van der Waals surface area contributed by atoms with Crippen LogP contribution in [0.25, 0.3) is 33.3 Å². The van der Waals surface area contributed by atoms with Crippen molar-refractivity contribution in [2.75, 3.05) is 0 Å². The van der Waals surface area contributed by atoms with Gasteiger partial charge in [0.1, 0.15) is 23.6 Å². The fourth-order valence-electron chi connectivity index (χ4n) is 3.32. The predicted octanol–water partition coefficient (Wildman–Crippen LogP) is 6.25. The van der Waals surface area contributed by atoms with E-state index >= 15 is 0 Å². The van der Waals surface area contributed by atoms with E-state index in [4.69, 9.17) is 4.52 Å². The van der Waals surface area contributed by atoms with Gasteiger partial charge in [0.2, 0.25) is 0 Å². The second-order valence-electron chi connectivity index (χ2n) is 7.20. The number of thiophene rings is 1. The van der Waals surface area contributed by atoms with Crippen LogP contribution in [0.5, 0.6) is 0 Å². The van der Waals surface area contributed by atoms with Crippen molar-refractivity contribution in [1.29, 1.82) is 0 Å². The lowest BCUT2D eigenvalue weighted by Crippen LogP contribution is -2.12. The van der Waals surface area contributed by atoms with Gasteiger partial charge in [0.05, 0.1) is 28.4 Å². The molecular weight excluding hydrogens is 484 g/mol. The van der Waals surface area contributed by atoms with Crippen molar-refractivity contribution >= 4 is 11.3 Å². The van der Waals surface area contributed by atoms with Crippen molar-refractivity contribution < 1.29 is 30.9 Å². The van der Waals surface area contributed by atoms with E-state index in [0.717, 1.165) is 10.9 Å². The summed E-state index contributed by atoms with van der Waals surface area (Å²) in [5, 5.41) is 9.72. The minimum Gasteiger partial charge on any atom is -0.359 e. The first kappa shape index (κ1) is 22.1. The predicted molar refractivity (Wildman–Crippen MR) is 109 cm³/mol. The van der Waals surface area contributed by atoms with E-state index in [1.807, 2.05) is 17.5 Å². The Kier molecular flexibility index (Phi) is 5.15. The molecule has 0 fully saturated rings. The minimum absolute atomic E-state index is 0.00607. The SMILES string of the molecule is FC(F)(F)c1ccc(-c2cc(Cn3cc4nc(-c5cccs5)nc-4cn3)on2)c(C(F)(F)F)c1. The van der Waals surface area contributed by atoms with E-state index in [-0.39, 0.29) is 24.1 Å². The van der Waals surface area contributed by atoms with Crippen LogP contribution >= 0.6 is 11.3 Å². The number of fused-ring (bicyclic) bond motifs is 1. The molecule has 2 aliphatic rings. The third-order valence-electron chi connectivity index (χ3n) is 4.86. The fraction of sp³-hybridized carbons (Fsp3) is 0.143. The number of benzene rings is 1. The van der Waals surface area contributed by atoms with E-state index in [1.54, 1.807) is 6.20 Å². The number of hydrogen-bond acceptors (Lipinski definition) is 6. The van der Waals surface area contributed by atoms with Gasteiger partial charge in [-0.3, -0.25) is 4.68 Å². The summed E-state index contributed by atoms with van der Waals surface area (Å²) in [6, 6.07) is 6.35. The van der Waals surface area contributed by atoms with Crippen molar-refractivity contribution in [2.45, 2.75) is 18.9 Å². The summed E-state index contributed by atoms with van der Waals surface area (Å²) in [6.45, 7) is 0.00607. The monoisotopic (exact) mass is 495 g/mol. The average molecular weight is 495 g/mol. The summed E-state index contributed by atoms with van der Waals surface area (Å²) in [6.07, 6.45) is -6.84. The lowest BCUT2D eigenvalue weighted by atomic mass is 10.0. The maximum Gasteiger partial charge on any atom is 0.417 e. The smallest absolute Gasteiger partial charge is 0.359 e. The van der Waals surface area contributed by atoms with E-state index in [0.29, 0.717) is 23.3 Å². The third kappa shape index (κ3) is 4.25. The van der Waals surface area contributed by atoms with E-state index < -0.39 is 29.0 Å². The number of imidazole rings is 1. The summed E-state index contributed by atoms with van der Waals surface area (Å²) in [4.78, 5) is 9.75. The molecule has 2 aromatic heterocycles. The molecule has 34 heavy (non-hydrogen) atoms.